The molecule has 0 aromatic carbocycles. The molecule has 17 heavy (non-hydrogen) atoms. The first-order valence-corrected chi connectivity index (χ1v) is 7.31. The molecule has 0 saturated carbocycles. The predicted octanol–water partition coefficient (Wildman–Crippen LogP) is 1.05. The summed E-state index contributed by atoms with van der Waals surface area (Å²) in [5.74, 6) is -2.20. The summed E-state index contributed by atoms with van der Waals surface area (Å²) in [6.07, 6.45) is 1.50. The number of rotatable bonds is 3. The molecule has 3 atom stereocenters. The van der Waals surface area contributed by atoms with Crippen molar-refractivity contribution in [2.45, 2.75) is 41.1 Å². The molecular formula is C8H10F2O5S2. The number of esters is 1. The van der Waals surface area contributed by atoms with Crippen molar-refractivity contribution in [1.82, 2.24) is 0 Å². The van der Waals surface area contributed by atoms with E-state index in [1.54, 1.807) is 11.8 Å². The summed E-state index contributed by atoms with van der Waals surface area (Å²) in [6.45, 7) is 0. The fourth-order valence-corrected chi connectivity index (χ4v) is 3.97. The van der Waals surface area contributed by atoms with Gasteiger partial charge in [-0.3, -0.25) is 4.55 Å². The number of carbonyl (C=O) groups is 1. The van der Waals surface area contributed by atoms with Crippen molar-refractivity contribution in [3.05, 3.63) is 0 Å². The van der Waals surface area contributed by atoms with Gasteiger partial charge in [-0.1, -0.05) is 0 Å². The molecule has 2 rings (SSSR count). The van der Waals surface area contributed by atoms with Gasteiger partial charge in [0.1, 0.15) is 6.10 Å². The van der Waals surface area contributed by atoms with Crippen LogP contribution in [0.4, 0.5) is 8.78 Å². The molecule has 0 aromatic heterocycles. The lowest BCUT2D eigenvalue weighted by Gasteiger charge is -2.22. The molecule has 2 fully saturated rings. The Bertz CT molecular complexity index is 435. The summed E-state index contributed by atoms with van der Waals surface area (Å²) in [6, 6.07) is 0. The smallest absolute Gasteiger partial charge is 0.456 e. The Kier molecular flexibility index (Phi) is 3.11. The summed E-state index contributed by atoms with van der Waals surface area (Å²) < 4.78 is 59.2. The summed E-state index contributed by atoms with van der Waals surface area (Å²) in [4.78, 5) is 11.0. The minimum absolute atomic E-state index is 0.0406. The number of hydrogen-bond donors (Lipinski definition) is 1. The maximum absolute atomic E-state index is 12.9. The molecule has 3 unspecified atom stereocenters. The molecule has 2 bridgehead atoms. The minimum Gasteiger partial charge on any atom is -0.456 e. The van der Waals surface area contributed by atoms with E-state index in [9.17, 15) is 22.0 Å². The van der Waals surface area contributed by atoms with E-state index < -0.39 is 27.4 Å². The summed E-state index contributed by atoms with van der Waals surface area (Å²) in [5.41, 5.74) is 0. The topological polar surface area (TPSA) is 80.7 Å². The molecule has 2 aliphatic heterocycles. The fraction of sp³-hybridized carbons (Fsp3) is 0.875. The van der Waals surface area contributed by atoms with E-state index in [2.05, 4.69) is 4.74 Å². The Morgan fingerprint density at radius 1 is 1.41 bits per heavy atom. The second-order valence-corrected chi connectivity index (χ2v) is 7.05. The molecule has 0 aromatic rings. The third-order valence-electron chi connectivity index (χ3n) is 2.87. The number of thioether (sulfide) groups is 1. The van der Waals surface area contributed by atoms with E-state index in [4.69, 9.17) is 4.55 Å². The molecule has 0 aliphatic carbocycles. The molecule has 1 N–H and O–H groups in total. The Labute approximate surface area is 101 Å². The second-order valence-electron chi connectivity index (χ2n) is 4.05. The molecule has 0 amide bonds. The van der Waals surface area contributed by atoms with E-state index in [0.717, 1.165) is 12.8 Å². The quantitative estimate of drug-likeness (QED) is 0.617. The first-order valence-electron chi connectivity index (χ1n) is 4.93. The molecule has 0 spiro atoms. The largest absolute Gasteiger partial charge is 0.465 e. The van der Waals surface area contributed by atoms with E-state index in [1.165, 1.54) is 0 Å². The van der Waals surface area contributed by atoms with Crippen molar-refractivity contribution in [2.75, 3.05) is 0 Å². The molecule has 2 heterocycles. The number of ether oxygens (including phenoxy) is 1. The first-order chi connectivity index (χ1) is 7.72. The van der Waals surface area contributed by atoms with Crippen LogP contribution in [0.1, 0.15) is 19.3 Å². The van der Waals surface area contributed by atoms with Crippen molar-refractivity contribution in [1.29, 1.82) is 0 Å². The highest BCUT2D eigenvalue weighted by Crippen LogP contribution is 2.47. The highest BCUT2D eigenvalue weighted by molar-refractivity contribution is 8.01. The second kappa shape index (κ2) is 4.06. The standard InChI is InChI=1S/C8H10F2O5S2/c9-8(10,17(12,13)14)7(11)15-5-3-4-1-2-6(5)16-4/h4-6H,1-3H2,(H,12,13,14). The van der Waals surface area contributed by atoms with Crippen molar-refractivity contribution < 1.29 is 31.3 Å². The van der Waals surface area contributed by atoms with Gasteiger partial charge >= 0.3 is 21.3 Å². The van der Waals surface area contributed by atoms with Crippen LogP contribution in [0.2, 0.25) is 0 Å². The number of fused-ring (bicyclic) bond motifs is 2. The normalized spacial score (nSPS) is 32.8. The zero-order valence-corrected chi connectivity index (χ0v) is 10.1. The van der Waals surface area contributed by atoms with Crippen LogP contribution in [0, 0.1) is 0 Å². The van der Waals surface area contributed by atoms with Crippen molar-refractivity contribution in [3.63, 3.8) is 0 Å². The van der Waals surface area contributed by atoms with Gasteiger partial charge in [-0.05, 0) is 19.3 Å². The Hall–Kier alpha value is -0.410. The monoisotopic (exact) mass is 288 g/mol. The number of alkyl halides is 2. The number of hydrogen-bond acceptors (Lipinski definition) is 5. The summed E-state index contributed by atoms with van der Waals surface area (Å²) in [5, 5.41) is -4.64. The maximum Gasteiger partial charge on any atom is 0.465 e. The Morgan fingerprint density at radius 3 is 2.47 bits per heavy atom. The summed E-state index contributed by atoms with van der Waals surface area (Å²) >= 11 is 1.57. The molecule has 2 saturated heterocycles. The van der Waals surface area contributed by atoms with E-state index in [1.807, 2.05) is 0 Å². The lowest BCUT2D eigenvalue weighted by atomic mass is 9.98. The van der Waals surface area contributed by atoms with E-state index >= 15 is 0 Å². The van der Waals surface area contributed by atoms with Crippen LogP contribution < -0.4 is 0 Å². The molecule has 2 aliphatic rings. The van der Waals surface area contributed by atoms with Crippen LogP contribution >= 0.6 is 11.8 Å². The zero-order chi connectivity index (χ0) is 12.8. The van der Waals surface area contributed by atoms with Crippen LogP contribution in [-0.2, 0) is 19.6 Å². The zero-order valence-electron chi connectivity index (χ0n) is 8.51. The Morgan fingerprint density at radius 2 is 2.06 bits per heavy atom. The first kappa shape index (κ1) is 13.0. The fourth-order valence-electron chi connectivity index (χ4n) is 2.03. The molecule has 5 nitrogen and oxygen atoms in total. The van der Waals surface area contributed by atoms with Crippen LogP contribution in [0.15, 0.2) is 0 Å². The van der Waals surface area contributed by atoms with Crippen LogP contribution in [0.5, 0.6) is 0 Å². The average molecular weight is 288 g/mol. The van der Waals surface area contributed by atoms with Gasteiger partial charge in [-0.25, -0.2) is 4.79 Å². The van der Waals surface area contributed by atoms with Gasteiger partial charge in [0.2, 0.25) is 0 Å². The molecule has 0 radical (unpaired) electrons. The van der Waals surface area contributed by atoms with Crippen molar-refractivity contribution >= 4 is 27.8 Å². The van der Waals surface area contributed by atoms with Gasteiger partial charge in [0, 0.05) is 10.5 Å². The van der Waals surface area contributed by atoms with Crippen LogP contribution in [0.25, 0.3) is 0 Å². The molecule has 9 heteroatoms. The number of halogens is 2. The maximum atomic E-state index is 12.9. The van der Waals surface area contributed by atoms with E-state index in [0.29, 0.717) is 6.42 Å². The SMILES string of the molecule is O=C(OC1CC2CCC1S2)C(F)(F)S(=O)(=O)O. The average Bonchev–Trinajstić information content (AvgIpc) is 2.76. The van der Waals surface area contributed by atoms with Gasteiger partial charge in [0.25, 0.3) is 0 Å². The van der Waals surface area contributed by atoms with Crippen LogP contribution in [-0.4, -0.2) is 40.8 Å². The van der Waals surface area contributed by atoms with Gasteiger partial charge in [0.15, 0.2) is 0 Å². The highest BCUT2D eigenvalue weighted by Gasteiger charge is 2.56. The summed E-state index contributed by atoms with van der Waals surface area (Å²) in [7, 11) is -5.77. The van der Waals surface area contributed by atoms with Gasteiger partial charge in [-0.15, -0.1) is 0 Å². The lowest BCUT2D eigenvalue weighted by molar-refractivity contribution is -0.167. The highest BCUT2D eigenvalue weighted by atomic mass is 32.2. The minimum atomic E-state index is -5.77. The van der Waals surface area contributed by atoms with Gasteiger partial charge in [-0.2, -0.15) is 29.0 Å². The van der Waals surface area contributed by atoms with Gasteiger partial charge in [0.05, 0.1) is 0 Å². The Balaban J connectivity index is 2.03. The lowest BCUT2D eigenvalue weighted by Crippen LogP contribution is -2.42. The van der Waals surface area contributed by atoms with Crippen LogP contribution in [0.3, 0.4) is 0 Å². The number of carbonyl (C=O) groups excluding carboxylic acids is 1. The third kappa shape index (κ3) is 2.27. The molecule has 98 valence electrons. The van der Waals surface area contributed by atoms with Crippen molar-refractivity contribution in [2.24, 2.45) is 0 Å². The third-order valence-corrected chi connectivity index (χ3v) is 5.39. The predicted molar refractivity (Wildman–Crippen MR) is 55.4 cm³/mol. The van der Waals surface area contributed by atoms with Gasteiger partial charge < -0.3 is 4.74 Å². The molecular weight excluding hydrogens is 278 g/mol. The van der Waals surface area contributed by atoms with Crippen molar-refractivity contribution in [3.8, 4) is 0 Å². The van der Waals surface area contributed by atoms with E-state index in [-0.39, 0.29) is 10.5 Å².